The van der Waals surface area contributed by atoms with E-state index in [9.17, 15) is 19.5 Å². The molecule has 4 rings (SSSR count). The van der Waals surface area contributed by atoms with Crippen LogP contribution in [0.5, 0.6) is 0 Å². The van der Waals surface area contributed by atoms with Gasteiger partial charge >= 0.3 is 0 Å². The Balaban J connectivity index is 1.91. The lowest BCUT2D eigenvalue weighted by molar-refractivity contribution is -0.132. The van der Waals surface area contributed by atoms with Gasteiger partial charge in [-0.1, -0.05) is 60.7 Å². The number of hydrogen-bond donors (Lipinski definition) is 1. The van der Waals surface area contributed by atoms with Crippen LogP contribution in [0.25, 0.3) is 5.76 Å². The summed E-state index contributed by atoms with van der Waals surface area (Å²) in [6.45, 7) is 1.46. The zero-order valence-electron chi connectivity index (χ0n) is 16.3. The van der Waals surface area contributed by atoms with E-state index in [0.29, 0.717) is 22.4 Å². The predicted octanol–water partition coefficient (Wildman–Crippen LogP) is 4.52. The van der Waals surface area contributed by atoms with Crippen molar-refractivity contribution in [2.45, 2.75) is 13.0 Å². The second-order valence-electron chi connectivity index (χ2n) is 7.05. The average Bonchev–Trinajstić information content (AvgIpc) is 3.05. The summed E-state index contributed by atoms with van der Waals surface area (Å²) in [4.78, 5) is 39.0. The fraction of sp³-hybridized carbons (Fsp3) is 0.0800. The molecule has 0 bridgehead atoms. The quantitative estimate of drug-likeness (QED) is 0.304. The number of rotatable bonds is 4. The normalized spacial score (nSPS) is 17.9. The molecule has 1 amide bonds. The van der Waals surface area contributed by atoms with Gasteiger partial charge in [-0.15, -0.1) is 0 Å². The van der Waals surface area contributed by atoms with Crippen molar-refractivity contribution < 1.29 is 19.5 Å². The van der Waals surface area contributed by atoms with Crippen LogP contribution in [-0.2, 0) is 9.59 Å². The predicted molar refractivity (Wildman–Crippen MR) is 114 cm³/mol. The molecule has 1 atom stereocenters. The van der Waals surface area contributed by atoms with Gasteiger partial charge in [0.1, 0.15) is 5.76 Å². The van der Waals surface area contributed by atoms with E-state index < -0.39 is 17.7 Å². The Morgan fingerprint density at radius 1 is 0.800 bits per heavy atom. The van der Waals surface area contributed by atoms with E-state index in [1.165, 1.54) is 11.8 Å². The maximum absolute atomic E-state index is 13.0. The Labute approximate surface area is 173 Å². The minimum atomic E-state index is -0.783. The molecule has 1 saturated heterocycles. The minimum Gasteiger partial charge on any atom is -0.507 e. The fourth-order valence-electron chi connectivity index (χ4n) is 3.66. The highest BCUT2D eigenvalue weighted by Crippen LogP contribution is 2.42. The third-order valence-corrected chi connectivity index (χ3v) is 5.16. The molecule has 1 N–H and O–H groups in total. The standard InChI is InChI=1S/C25H19NO4/c1-16(27)17-12-14-20(15-13-17)26-22(18-8-4-2-5-9-18)21(24(29)25(26)30)23(28)19-10-6-3-7-11-19/h2-15,22,28H,1H3/t22-/m1/s1. The Kier molecular flexibility index (Phi) is 5.02. The number of benzene rings is 3. The first-order valence-electron chi connectivity index (χ1n) is 9.51. The Morgan fingerprint density at radius 2 is 1.37 bits per heavy atom. The molecule has 1 heterocycles. The number of anilines is 1. The van der Waals surface area contributed by atoms with E-state index in [2.05, 4.69) is 0 Å². The lowest BCUT2D eigenvalue weighted by atomic mass is 9.95. The number of amides is 1. The average molecular weight is 397 g/mol. The van der Waals surface area contributed by atoms with Crippen LogP contribution < -0.4 is 4.90 Å². The fourth-order valence-corrected chi connectivity index (χ4v) is 3.66. The lowest BCUT2D eigenvalue weighted by Gasteiger charge is -2.25. The molecule has 0 unspecified atom stereocenters. The smallest absolute Gasteiger partial charge is 0.300 e. The highest BCUT2D eigenvalue weighted by atomic mass is 16.3. The van der Waals surface area contributed by atoms with Crippen LogP contribution in [0.2, 0.25) is 0 Å². The highest BCUT2D eigenvalue weighted by molar-refractivity contribution is 6.51. The van der Waals surface area contributed by atoms with E-state index in [-0.39, 0.29) is 17.1 Å². The van der Waals surface area contributed by atoms with Crippen LogP contribution in [0, 0.1) is 0 Å². The minimum absolute atomic E-state index is 0.0352. The van der Waals surface area contributed by atoms with Gasteiger partial charge in [0.05, 0.1) is 11.6 Å². The van der Waals surface area contributed by atoms with Crippen molar-refractivity contribution in [3.63, 3.8) is 0 Å². The summed E-state index contributed by atoms with van der Waals surface area (Å²) in [5.41, 5.74) is 2.18. The van der Waals surface area contributed by atoms with Crippen molar-refractivity contribution in [1.29, 1.82) is 0 Å². The van der Waals surface area contributed by atoms with E-state index >= 15 is 0 Å². The van der Waals surface area contributed by atoms with E-state index in [1.807, 2.05) is 30.3 Å². The first-order valence-corrected chi connectivity index (χ1v) is 9.51. The molecular weight excluding hydrogens is 378 g/mol. The monoisotopic (exact) mass is 397 g/mol. The van der Waals surface area contributed by atoms with Crippen molar-refractivity contribution in [3.05, 3.63) is 107 Å². The molecule has 0 radical (unpaired) electrons. The van der Waals surface area contributed by atoms with Crippen LogP contribution >= 0.6 is 0 Å². The zero-order valence-corrected chi connectivity index (χ0v) is 16.3. The van der Waals surface area contributed by atoms with Crippen LogP contribution in [-0.4, -0.2) is 22.6 Å². The zero-order chi connectivity index (χ0) is 21.3. The van der Waals surface area contributed by atoms with Crippen molar-refractivity contribution >= 4 is 28.9 Å². The molecule has 3 aromatic rings. The van der Waals surface area contributed by atoms with Crippen LogP contribution in [0.3, 0.4) is 0 Å². The van der Waals surface area contributed by atoms with E-state index in [0.717, 1.165) is 0 Å². The molecule has 148 valence electrons. The summed E-state index contributed by atoms with van der Waals surface area (Å²) in [6, 6.07) is 23.5. The van der Waals surface area contributed by atoms with Crippen LogP contribution in [0.1, 0.15) is 34.5 Å². The van der Waals surface area contributed by atoms with Gasteiger partial charge < -0.3 is 5.11 Å². The van der Waals surface area contributed by atoms with Crippen molar-refractivity contribution in [2.24, 2.45) is 0 Å². The molecular formula is C25H19NO4. The molecule has 30 heavy (non-hydrogen) atoms. The lowest BCUT2D eigenvalue weighted by Crippen LogP contribution is -2.29. The summed E-state index contributed by atoms with van der Waals surface area (Å²) < 4.78 is 0. The van der Waals surface area contributed by atoms with Gasteiger partial charge in [0, 0.05) is 16.8 Å². The molecule has 1 fully saturated rings. The molecule has 0 aromatic heterocycles. The summed E-state index contributed by atoms with van der Waals surface area (Å²) >= 11 is 0. The number of Topliss-reactive ketones (excluding diaryl/α,β-unsaturated/α-hetero) is 2. The molecule has 5 heteroatoms. The summed E-state index contributed by atoms with van der Waals surface area (Å²) in [5, 5.41) is 11.0. The Bertz CT molecular complexity index is 1150. The number of nitrogens with zero attached hydrogens (tertiary/aromatic N) is 1. The van der Waals surface area contributed by atoms with E-state index in [1.54, 1.807) is 54.6 Å². The summed E-state index contributed by atoms with van der Waals surface area (Å²) in [7, 11) is 0. The van der Waals surface area contributed by atoms with E-state index in [4.69, 9.17) is 0 Å². The molecule has 3 aromatic carbocycles. The molecule has 0 saturated carbocycles. The van der Waals surface area contributed by atoms with Gasteiger partial charge in [0.25, 0.3) is 11.7 Å². The number of ketones is 2. The maximum Gasteiger partial charge on any atom is 0.300 e. The largest absolute Gasteiger partial charge is 0.507 e. The topological polar surface area (TPSA) is 74.7 Å². The van der Waals surface area contributed by atoms with Gasteiger partial charge in [0.2, 0.25) is 0 Å². The summed E-state index contributed by atoms with van der Waals surface area (Å²) in [6.07, 6.45) is 0. The third kappa shape index (κ3) is 3.31. The molecule has 1 aliphatic heterocycles. The number of aliphatic hydroxyl groups excluding tert-OH is 1. The third-order valence-electron chi connectivity index (χ3n) is 5.16. The highest BCUT2D eigenvalue weighted by Gasteiger charge is 2.46. The number of carbonyl (C=O) groups is 3. The van der Waals surface area contributed by atoms with Crippen molar-refractivity contribution in [1.82, 2.24) is 0 Å². The first kappa shape index (κ1) is 19.3. The van der Waals surface area contributed by atoms with Crippen molar-refractivity contribution in [2.75, 3.05) is 4.90 Å². The number of aliphatic hydroxyl groups is 1. The van der Waals surface area contributed by atoms with Crippen molar-refractivity contribution in [3.8, 4) is 0 Å². The molecule has 0 aliphatic carbocycles. The maximum atomic E-state index is 13.0. The van der Waals surface area contributed by atoms with Crippen LogP contribution in [0.15, 0.2) is 90.5 Å². The number of carbonyl (C=O) groups excluding carboxylic acids is 3. The van der Waals surface area contributed by atoms with Gasteiger partial charge in [-0.25, -0.2) is 0 Å². The Morgan fingerprint density at radius 3 is 1.93 bits per heavy atom. The molecule has 0 spiro atoms. The first-order chi connectivity index (χ1) is 14.5. The Hall–Kier alpha value is -3.99. The SMILES string of the molecule is CC(=O)c1ccc(N2C(=O)C(=O)C(=C(O)c3ccccc3)[C@H]2c2ccccc2)cc1. The van der Waals surface area contributed by atoms with Gasteiger partial charge in [-0.2, -0.15) is 0 Å². The second kappa shape index (κ2) is 7.79. The second-order valence-corrected chi connectivity index (χ2v) is 7.05. The molecule has 1 aliphatic rings. The van der Waals surface area contributed by atoms with Gasteiger partial charge in [-0.3, -0.25) is 19.3 Å². The van der Waals surface area contributed by atoms with Crippen LogP contribution in [0.4, 0.5) is 5.69 Å². The van der Waals surface area contributed by atoms with Gasteiger partial charge in [0.15, 0.2) is 5.78 Å². The number of hydrogen-bond acceptors (Lipinski definition) is 4. The van der Waals surface area contributed by atoms with Gasteiger partial charge in [-0.05, 0) is 36.8 Å². The summed E-state index contributed by atoms with van der Waals surface area (Å²) in [5.74, 6) is -1.78. The molecule has 5 nitrogen and oxygen atoms in total.